The van der Waals surface area contributed by atoms with Crippen LogP contribution in [-0.2, 0) is 32.2 Å². The van der Waals surface area contributed by atoms with Crippen LogP contribution < -0.4 is 19.5 Å². The number of H-pyrrole nitrogens is 1. The number of nitrogens with one attached hydrogen (secondary N) is 3. The average molecular weight is 488 g/mol. The van der Waals surface area contributed by atoms with Crippen molar-refractivity contribution < 1.29 is 25.5 Å². The van der Waals surface area contributed by atoms with Crippen molar-refractivity contribution in [1.29, 1.82) is 0 Å². The molecule has 1 fully saturated rings. The van der Waals surface area contributed by atoms with Crippen molar-refractivity contribution in [2.75, 3.05) is 18.4 Å². The molecule has 184 valence electrons. The van der Waals surface area contributed by atoms with E-state index < -0.39 is 15.4 Å². The molecule has 0 bridgehead atoms. The van der Waals surface area contributed by atoms with E-state index in [9.17, 15) is 13.2 Å². The summed E-state index contributed by atoms with van der Waals surface area (Å²) < 4.78 is 36.9. The molecule has 9 heteroatoms. The number of carbonyl (C=O) groups excluding carboxylic acids is 1. The van der Waals surface area contributed by atoms with Crippen LogP contribution in [0.5, 0.6) is 11.5 Å². The van der Waals surface area contributed by atoms with E-state index >= 15 is 0 Å². The van der Waals surface area contributed by atoms with E-state index in [1.807, 2.05) is 30.3 Å². The van der Waals surface area contributed by atoms with Gasteiger partial charge in [0.1, 0.15) is 0 Å². The summed E-state index contributed by atoms with van der Waals surface area (Å²) in [4.78, 5) is 16.9. The highest BCUT2D eigenvalue weighted by atomic mass is 32.2. The van der Waals surface area contributed by atoms with Gasteiger partial charge in [-0.1, -0.05) is 26.8 Å². The second-order valence-electron chi connectivity index (χ2n) is 10.2. The van der Waals surface area contributed by atoms with Crippen molar-refractivity contribution in [2.45, 2.75) is 51.0 Å². The zero-order chi connectivity index (χ0) is 24.3. The molecule has 0 spiro atoms. The van der Waals surface area contributed by atoms with Crippen molar-refractivity contribution >= 4 is 32.5 Å². The molecule has 0 unspecified atom stereocenters. The summed E-state index contributed by atoms with van der Waals surface area (Å²) in [6.07, 6.45) is 2.64. The Morgan fingerprint density at radius 1 is 1.12 bits per heavy atom. The molecule has 2 heterocycles. The molecule has 5 rings (SSSR count). The van der Waals surface area contributed by atoms with Crippen LogP contribution in [0.3, 0.4) is 0 Å². The van der Waals surface area contributed by atoms with Gasteiger partial charge in [-0.3, -0.25) is 4.79 Å². The molecule has 2 aromatic carbocycles. The SMILES string of the molecule is CC(C)(C)c1cc2cc(NC(=O)C3(c4ccc5c(c4)OCO5)CC3)cc(CNS(C)(=O)=O)c2[nH]1.[HH].[HH]. The topological polar surface area (TPSA) is 110 Å². The molecule has 1 saturated carbocycles. The zero-order valence-electron chi connectivity index (χ0n) is 19.7. The lowest BCUT2D eigenvalue weighted by Gasteiger charge is -2.17. The summed E-state index contributed by atoms with van der Waals surface area (Å²) in [5, 5.41) is 4.00. The molecule has 1 aliphatic heterocycles. The number of anilines is 1. The van der Waals surface area contributed by atoms with E-state index in [-0.39, 0.29) is 27.5 Å². The summed E-state index contributed by atoms with van der Waals surface area (Å²) in [7, 11) is -3.38. The number of amides is 1. The molecule has 0 saturated heterocycles. The first-order chi connectivity index (χ1) is 15.9. The number of sulfonamides is 1. The van der Waals surface area contributed by atoms with Crippen molar-refractivity contribution in [2.24, 2.45) is 0 Å². The number of aromatic amines is 1. The van der Waals surface area contributed by atoms with Crippen molar-refractivity contribution in [3.05, 3.63) is 53.2 Å². The first kappa shape index (κ1) is 22.7. The maximum absolute atomic E-state index is 13.4. The monoisotopic (exact) mass is 487 g/mol. The van der Waals surface area contributed by atoms with Crippen LogP contribution in [0, 0.1) is 0 Å². The third-order valence-electron chi connectivity index (χ3n) is 6.51. The Morgan fingerprint density at radius 3 is 2.53 bits per heavy atom. The van der Waals surface area contributed by atoms with Gasteiger partial charge in [0.25, 0.3) is 0 Å². The molecule has 0 atom stereocenters. The van der Waals surface area contributed by atoms with E-state index in [0.717, 1.165) is 46.8 Å². The van der Waals surface area contributed by atoms with Gasteiger partial charge in [0.2, 0.25) is 22.7 Å². The summed E-state index contributed by atoms with van der Waals surface area (Å²) in [5.74, 6) is 1.27. The average Bonchev–Trinajstić information content (AvgIpc) is 3.22. The Hall–Kier alpha value is -3.04. The molecule has 1 aliphatic carbocycles. The largest absolute Gasteiger partial charge is 0.454 e. The highest BCUT2D eigenvalue weighted by molar-refractivity contribution is 7.88. The van der Waals surface area contributed by atoms with Crippen LogP contribution in [0.2, 0.25) is 0 Å². The molecule has 1 amide bonds. The van der Waals surface area contributed by atoms with Crippen LogP contribution in [0.1, 0.15) is 53.3 Å². The van der Waals surface area contributed by atoms with Crippen molar-refractivity contribution in [3.8, 4) is 11.5 Å². The summed E-state index contributed by atoms with van der Waals surface area (Å²) in [6.45, 7) is 6.64. The minimum Gasteiger partial charge on any atom is -0.454 e. The van der Waals surface area contributed by atoms with Crippen LogP contribution in [0.15, 0.2) is 36.4 Å². The van der Waals surface area contributed by atoms with Gasteiger partial charge in [-0.15, -0.1) is 0 Å². The molecule has 34 heavy (non-hydrogen) atoms. The normalized spacial score (nSPS) is 16.6. The van der Waals surface area contributed by atoms with Gasteiger partial charge in [-0.05, 0) is 54.3 Å². The first-order valence-electron chi connectivity index (χ1n) is 11.3. The van der Waals surface area contributed by atoms with E-state index in [1.165, 1.54) is 0 Å². The molecule has 1 aromatic heterocycles. The number of benzene rings is 2. The van der Waals surface area contributed by atoms with Gasteiger partial charge in [0.05, 0.1) is 17.2 Å². The Balaban J connectivity index is 0.00000180. The molecule has 0 radical (unpaired) electrons. The highest BCUT2D eigenvalue weighted by Gasteiger charge is 2.51. The van der Waals surface area contributed by atoms with Gasteiger partial charge in [0, 0.05) is 31.6 Å². The molecular weight excluding hydrogens is 454 g/mol. The van der Waals surface area contributed by atoms with Crippen LogP contribution in [0.4, 0.5) is 5.69 Å². The van der Waals surface area contributed by atoms with Crippen LogP contribution >= 0.6 is 0 Å². The van der Waals surface area contributed by atoms with Gasteiger partial charge < -0.3 is 19.8 Å². The molecule has 2 aliphatic rings. The number of fused-ring (bicyclic) bond motifs is 2. The zero-order valence-corrected chi connectivity index (χ0v) is 20.6. The molecule has 3 aromatic rings. The number of aromatic nitrogens is 1. The van der Waals surface area contributed by atoms with E-state index in [4.69, 9.17) is 9.47 Å². The first-order valence-corrected chi connectivity index (χ1v) is 13.2. The van der Waals surface area contributed by atoms with Crippen molar-refractivity contribution in [1.82, 2.24) is 9.71 Å². The van der Waals surface area contributed by atoms with Crippen LogP contribution in [0.25, 0.3) is 10.9 Å². The minimum absolute atomic E-state index is 0. The predicted molar refractivity (Wildman–Crippen MR) is 135 cm³/mol. The van der Waals surface area contributed by atoms with Crippen molar-refractivity contribution in [3.63, 3.8) is 0 Å². The fraction of sp³-hybridized carbons (Fsp3) is 0.400. The molecule has 8 nitrogen and oxygen atoms in total. The van der Waals surface area contributed by atoms with E-state index in [0.29, 0.717) is 17.2 Å². The van der Waals surface area contributed by atoms with E-state index in [2.05, 4.69) is 41.9 Å². The quantitative estimate of drug-likeness (QED) is 0.477. The van der Waals surface area contributed by atoms with Gasteiger partial charge in [0.15, 0.2) is 11.5 Å². The number of ether oxygens (including phenoxy) is 2. The molecular formula is C25H33N3O5S. The lowest BCUT2D eigenvalue weighted by atomic mass is 9.92. The Kier molecular flexibility index (Phi) is 5.18. The second kappa shape index (κ2) is 7.74. The van der Waals surface area contributed by atoms with E-state index in [1.54, 1.807) is 0 Å². The van der Waals surface area contributed by atoms with Gasteiger partial charge in [-0.25, -0.2) is 13.1 Å². The highest BCUT2D eigenvalue weighted by Crippen LogP contribution is 2.51. The standard InChI is InChI=1S/C25H29N3O5S.2H2/c1-24(2,3)21-11-15-9-18(10-16(22(15)28-21)13-26-34(4,30)31)27-23(29)25(7-8-25)17-5-6-19-20(12-17)33-14-32-19;;/h5-6,9-12,26,28H,7-8,13-14H2,1-4H3,(H,27,29);2*1H. The number of hydrogen-bond acceptors (Lipinski definition) is 5. The fourth-order valence-electron chi connectivity index (χ4n) is 4.36. The maximum Gasteiger partial charge on any atom is 0.235 e. The van der Waals surface area contributed by atoms with Gasteiger partial charge in [-0.2, -0.15) is 0 Å². The maximum atomic E-state index is 13.4. The predicted octanol–water partition coefficient (Wildman–Crippen LogP) is 4.41. The Morgan fingerprint density at radius 2 is 1.85 bits per heavy atom. The molecule has 3 N–H and O–H groups in total. The Bertz CT molecular complexity index is 1410. The summed E-state index contributed by atoms with van der Waals surface area (Å²) in [5.41, 5.74) is 3.49. The smallest absolute Gasteiger partial charge is 0.235 e. The van der Waals surface area contributed by atoms with Crippen LogP contribution in [-0.4, -0.2) is 32.4 Å². The second-order valence-corrected chi connectivity index (χ2v) is 12.1. The minimum atomic E-state index is -3.38. The third kappa shape index (κ3) is 4.25. The van der Waals surface area contributed by atoms with Gasteiger partial charge >= 0.3 is 0 Å². The Labute approximate surface area is 202 Å². The number of hydrogen-bond donors (Lipinski definition) is 3. The number of rotatable bonds is 6. The summed E-state index contributed by atoms with van der Waals surface area (Å²) >= 11 is 0. The number of carbonyl (C=O) groups is 1. The summed E-state index contributed by atoms with van der Waals surface area (Å²) in [6, 6.07) is 11.5. The lowest BCUT2D eigenvalue weighted by Crippen LogP contribution is -2.28. The third-order valence-corrected chi connectivity index (χ3v) is 7.18. The fourth-order valence-corrected chi connectivity index (χ4v) is 4.78. The lowest BCUT2D eigenvalue weighted by molar-refractivity contribution is -0.118.